The molecule has 2 aromatic heterocycles. The molecule has 0 radical (unpaired) electrons. The number of rotatable bonds is 8. The standard InChI is InChI=1S/C17H17F3N6O2S/c18-5-1-7-29(27,28)26-12-3-2-11(19)15(13(12)20)23-8-10-4-6-22-16-14(10)24-9-25-17(16)21/h2-4,6,9,23,26H,1,5,7-8H2,(H2,21,24,25). The summed E-state index contributed by atoms with van der Waals surface area (Å²) >= 11 is 0. The molecular weight excluding hydrogens is 409 g/mol. The van der Waals surface area contributed by atoms with E-state index in [1.54, 1.807) is 6.07 Å². The molecule has 0 spiro atoms. The third kappa shape index (κ3) is 4.65. The first kappa shape index (κ1) is 20.6. The van der Waals surface area contributed by atoms with Crippen LogP contribution in [-0.2, 0) is 16.6 Å². The Morgan fingerprint density at radius 3 is 2.62 bits per heavy atom. The van der Waals surface area contributed by atoms with Crippen LogP contribution in [0, 0.1) is 11.6 Å². The molecule has 4 N–H and O–H groups in total. The van der Waals surface area contributed by atoms with Crippen LogP contribution in [0.5, 0.6) is 0 Å². The number of hydrogen-bond donors (Lipinski definition) is 3. The Morgan fingerprint density at radius 2 is 1.86 bits per heavy atom. The molecule has 12 heteroatoms. The summed E-state index contributed by atoms with van der Waals surface area (Å²) in [7, 11) is -3.97. The summed E-state index contributed by atoms with van der Waals surface area (Å²) in [6.45, 7) is -0.866. The molecule has 0 bridgehead atoms. The third-order valence-corrected chi connectivity index (χ3v) is 5.35. The predicted octanol–water partition coefficient (Wildman–Crippen LogP) is 2.60. The number of fused-ring (bicyclic) bond motifs is 1. The van der Waals surface area contributed by atoms with Crippen LogP contribution in [0.25, 0.3) is 11.0 Å². The van der Waals surface area contributed by atoms with E-state index in [4.69, 9.17) is 5.73 Å². The second-order valence-electron chi connectivity index (χ2n) is 6.03. The number of halogens is 3. The van der Waals surface area contributed by atoms with Crippen molar-refractivity contribution in [3.8, 4) is 0 Å². The number of nitrogens with two attached hydrogens (primary N) is 1. The Hall–Kier alpha value is -3.15. The van der Waals surface area contributed by atoms with E-state index in [-0.39, 0.29) is 18.8 Å². The number of hydrogen-bond acceptors (Lipinski definition) is 7. The fraction of sp³-hybridized carbons (Fsp3) is 0.235. The minimum atomic E-state index is -3.97. The van der Waals surface area contributed by atoms with Crippen molar-refractivity contribution in [2.24, 2.45) is 0 Å². The van der Waals surface area contributed by atoms with E-state index in [9.17, 15) is 21.6 Å². The van der Waals surface area contributed by atoms with E-state index in [2.05, 4.69) is 20.3 Å². The maximum absolute atomic E-state index is 14.7. The lowest BCUT2D eigenvalue weighted by Crippen LogP contribution is -2.18. The molecule has 154 valence electrons. The van der Waals surface area contributed by atoms with E-state index >= 15 is 0 Å². The Labute approximate surface area is 164 Å². The smallest absolute Gasteiger partial charge is 0.232 e. The second kappa shape index (κ2) is 8.47. The number of anilines is 3. The summed E-state index contributed by atoms with van der Waals surface area (Å²) in [5.74, 6) is -2.39. The number of nitrogens with zero attached hydrogens (tertiary/aromatic N) is 3. The average molecular weight is 426 g/mol. The van der Waals surface area contributed by atoms with Crippen molar-refractivity contribution in [3.63, 3.8) is 0 Å². The van der Waals surface area contributed by atoms with Gasteiger partial charge >= 0.3 is 0 Å². The van der Waals surface area contributed by atoms with E-state index in [1.165, 1.54) is 12.5 Å². The van der Waals surface area contributed by atoms with Gasteiger partial charge in [-0.3, -0.25) is 14.1 Å². The molecule has 3 rings (SSSR count). The van der Waals surface area contributed by atoms with E-state index in [0.717, 1.165) is 12.1 Å². The van der Waals surface area contributed by atoms with Crippen molar-refractivity contribution >= 4 is 38.2 Å². The van der Waals surface area contributed by atoms with Crippen LogP contribution < -0.4 is 15.8 Å². The first-order valence-corrected chi connectivity index (χ1v) is 10.1. The molecule has 0 unspecified atom stereocenters. The number of alkyl halides is 1. The van der Waals surface area contributed by atoms with Crippen molar-refractivity contribution in [1.29, 1.82) is 0 Å². The Bertz CT molecular complexity index is 1140. The Morgan fingerprint density at radius 1 is 1.07 bits per heavy atom. The minimum absolute atomic E-state index is 0.0403. The predicted molar refractivity (Wildman–Crippen MR) is 103 cm³/mol. The van der Waals surface area contributed by atoms with Crippen molar-refractivity contribution < 1.29 is 21.6 Å². The normalized spacial score (nSPS) is 11.6. The fourth-order valence-electron chi connectivity index (χ4n) is 2.62. The van der Waals surface area contributed by atoms with Gasteiger partial charge in [-0.15, -0.1) is 0 Å². The molecular formula is C17H17F3N6O2S. The molecule has 29 heavy (non-hydrogen) atoms. The topological polar surface area (TPSA) is 123 Å². The number of pyridine rings is 1. The lowest BCUT2D eigenvalue weighted by atomic mass is 10.2. The van der Waals surface area contributed by atoms with Gasteiger partial charge in [-0.05, 0) is 24.6 Å². The number of aromatic nitrogens is 3. The number of nitrogen functional groups attached to an aromatic ring is 1. The van der Waals surface area contributed by atoms with Gasteiger partial charge < -0.3 is 11.1 Å². The molecule has 0 aliphatic rings. The lowest BCUT2D eigenvalue weighted by Gasteiger charge is -2.14. The van der Waals surface area contributed by atoms with Gasteiger partial charge in [0.05, 0.1) is 23.6 Å². The molecule has 0 aliphatic heterocycles. The fourth-order valence-corrected chi connectivity index (χ4v) is 3.70. The third-order valence-electron chi connectivity index (χ3n) is 3.99. The quantitative estimate of drug-likeness (QED) is 0.506. The van der Waals surface area contributed by atoms with Gasteiger partial charge in [-0.25, -0.2) is 27.2 Å². The van der Waals surface area contributed by atoms with Crippen molar-refractivity contribution in [2.45, 2.75) is 13.0 Å². The first-order chi connectivity index (χ1) is 13.8. The van der Waals surface area contributed by atoms with Crippen LogP contribution in [0.2, 0.25) is 0 Å². The van der Waals surface area contributed by atoms with Crippen molar-refractivity contribution in [1.82, 2.24) is 15.0 Å². The molecule has 2 heterocycles. The van der Waals surface area contributed by atoms with Gasteiger partial charge in [0.15, 0.2) is 11.6 Å². The lowest BCUT2D eigenvalue weighted by molar-refractivity contribution is 0.484. The Kier molecular flexibility index (Phi) is 6.01. The monoisotopic (exact) mass is 426 g/mol. The summed E-state index contributed by atoms with van der Waals surface area (Å²) in [4.78, 5) is 12.0. The largest absolute Gasteiger partial charge is 0.382 e. The molecule has 0 aliphatic carbocycles. The summed E-state index contributed by atoms with van der Waals surface area (Å²) in [5.41, 5.74) is 6.10. The maximum atomic E-state index is 14.7. The van der Waals surface area contributed by atoms with E-state index in [1.807, 2.05) is 4.72 Å². The van der Waals surface area contributed by atoms with Crippen LogP contribution >= 0.6 is 0 Å². The molecule has 0 amide bonds. The summed E-state index contributed by atoms with van der Waals surface area (Å²) in [6, 6.07) is 3.48. The van der Waals surface area contributed by atoms with Gasteiger partial charge in [0.1, 0.15) is 23.3 Å². The second-order valence-corrected chi connectivity index (χ2v) is 7.87. The van der Waals surface area contributed by atoms with Crippen LogP contribution in [0.1, 0.15) is 12.0 Å². The SMILES string of the molecule is Nc1ncnc2c(CNc3c(F)ccc(NS(=O)(=O)CCCF)c3F)ccnc12. The highest BCUT2D eigenvalue weighted by Gasteiger charge is 2.18. The summed E-state index contributed by atoms with van der Waals surface area (Å²) in [5, 5.41) is 2.60. The first-order valence-electron chi connectivity index (χ1n) is 8.45. The van der Waals surface area contributed by atoms with Crippen molar-refractivity contribution in [3.05, 3.63) is 47.9 Å². The number of benzene rings is 1. The van der Waals surface area contributed by atoms with Gasteiger partial charge in [-0.2, -0.15) is 0 Å². The molecule has 0 atom stereocenters. The zero-order chi connectivity index (χ0) is 21.0. The van der Waals surface area contributed by atoms with E-state index < -0.39 is 45.5 Å². The van der Waals surface area contributed by atoms with Crippen LogP contribution in [0.4, 0.5) is 30.4 Å². The zero-order valence-corrected chi connectivity index (χ0v) is 15.8. The highest BCUT2D eigenvalue weighted by molar-refractivity contribution is 7.92. The Balaban J connectivity index is 1.86. The number of nitrogens with one attached hydrogen (secondary N) is 2. The maximum Gasteiger partial charge on any atom is 0.232 e. The summed E-state index contributed by atoms with van der Waals surface area (Å²) in [6.07, 6.45) is 2.47. The molecule has 0 saturated heterocycles. The zero-order valence-electron chi connectivity index (χ0n) is 15.0. The van der Waals surface area contributed by atoms with Gasteiger partial charge in [0.2, 0.25) is 10.0 Å². The van der Waals surface area contributed by atoms with E-state index in [0.29, 0.717) is 16.6 Å². The highest BCUT2D eigenvalue weighted by Crippen LogP contribution is 2.28. The molecule has 8 nitrogen and oxygen atoms in total. The van der Waals surface area contributed by atoms with Crippen LogP contribution in [-0.4, -0.2) is 35.8 Å². The van der Waals surface area contributed by atoms with Gasteiger partial charge in [-0.1, -0.05) is 0 Å². The minimum Gasteiger partial charge on any atom is -0.382 e. The highest BCUT2D eigenvalue weighted by atomic mass is 32.2. The molecule has 0 saturated carbocycles. The van der Waals surface area contributed by atoms with Crippen LogP contribution in [0.3, 0.4) is 0 Å². The van der Waals surface area contributed by atoms with Gasteiger partial charge in [0.25, 0.3) is 0 Å². The molecule has 3 aromatic rings. The van der Waals surface area contributed by atoms with Crippen molar-refractivity contribution in [2.75, 3.05) is 28.2 Å². The van der Waals surface area contributed by atoms with Crippen LogP contribution in [0.15, 0.2) is 30.7 Å². The average Bonchev–Trinajstić information content (AvgIpc) is 2.69. The molecule has 0 fully saturated rings. The number of sulfonamides is 1. The van der Waals surface area contributed by atoms with Gasteiger partial charge in [0, 0.05) is 18.3 Å². The molecule has 1 aromatic carbocycles. The summed E-state index contributed by atoms with van der Waals surface area (Å²) < 4.78 is 66.8.